The maximum absolute atomic E-state index is 12.7. The minimum Gasteiger partial charge on any atom is -0.483 e. The van der Waals surface area contributed by atoms with Gasteiger partial charge in [-0.25, -0.2) is 10.2 Å². The number of allylic oxidation sites excluding steroid dienone is 1. The van der Waals surface area contributed by atoms with Crippen molar-refractivity contribution in [2.45, 2.75) is 19.9 Å². The molecule has 3 N–H and O–H groups in total. The Hall–Kier alpha value is -3.86. The number of carbonyl (C=O) groups is 2. The summed E-state index contributed by atoms with van der Waals surface area (Å²) in [6.45, 7) is 3.36. The minimum atomic E-state index is -0.628. The van der Waals surface area contributed by atoms with E-state index >= 15 is 0 Å². The lowest BCUT2D eigenvalue weighted by Crippen LogP contribution is -2.45. The number of thiocarbonyl (C=S) groups is 1. The second-order valence-corrected chi connectivity index (χ2v) is 9.49. The van der Waals surface area contributed by atoms with E-state index in [0.717, 1.165) is 0 Å². The van der Waals surface area contributed by atoms with E-state index < -0.39 is 17.9 Å². The van der Waals surface area contributed by atoms with E-state index in [0.29, 0.717) is 54.8 Å². The lowest BCUT2D eigenvalue weighted by atomic mass is 9.95. The molecule has 3 aromatic rings. The molecule has 0 saturated heterocycles. The molecule has 0 bridgehead atoms. The second kappa shape index (κ2) is 12.8. The molecule has 2 heterocycles. The number of ether oxygens (including phenoxy) is 2. The number of hydrazone groups is 1. The number of carbonyl (C=O) groups excluding carboxylic acids is 2. The molecule has 12 heteroatoms. The summed E-state index contributed by atoms with van der Waals surface area (Å²) in [6.07, 6.45) is 1.35. The third-order valence-corrected chi connectivity index (χ3v) is 6.34. The summed E-state index contributed by atoms with van der Waals surface area (Å²) in [5, 5.41) is 11.3. The van der Waals surface area contributed by atoms with Crippen LogP contribution in [0.25, 0.3) is 11.3 Å². The molecule has 1 aromatic heterocycles. The van der Waals surface area contributed by atoms with Crippen LogP contribution in [0.5, 0.6) is 5.75 Å². The topological polar surface area (TPSA) is 114 Å². The molecule has 202 valence electrons. The summed E-state index contributed by atoms with van der Waals surface area (Å²) >= 11 is 17.6. The third kappa shape index (κ3) is 6.97. The van der Waals surface area contributed by atoms with Crippen molar-refractivity contribution in [1.82, 2.24) is 16.1 Å². The van der Waals surface area contributed by atoms with Crippen molar-refractivity contribution in [3.05, 3.63) is 87.2 Å². The standard InChI is InChI=1S/C27H24Cl2N4O5S/c1-3-36-26(35)24-15(2)31-27(39)32-25(24)18-6-4-5-7-21(18)37-14-23(34)33-30-13-17-9-11-22(38-17)19-12-16(28)8-10-20(19)29/h4-13,25H,3,14H2,1-2H3,(H,33,34)(H2,31,32,39)/t25-/m0/s1. The van der Waals surface area contributed by atoms with Gasteiger partial charge in [0, 0.05) is 21.8 Å². The fourth-order valence-electron chi connectivity index (χ4n) is 3.85. The number of esters is 1. The highest BCUT2D eigenvalue weighted by atomic mass is 35.5. The van der Waals surface area contributed by atoms with Crippen LogP contribution in [-0.4, -0.2) is 36.4 Å². The zero-order valence-corrected chi connectivity index (χ0v) is 23.2. The average molecular weight is 587 g/mol. The van der Waals surface area contributed by atoms with Crippen LogP contribution in [0.3, 0.4) is 0 Å². The minimum absolute atomic E-state index is 0.222. The van der Waals surface area contributed by atoms with Gasteiger partial charge in [0.05, 0.1) is 29.5 Å². The largest absolute Gasteiger partial charge is 0.483 e. The molecule has 0 fully saturated rings. The number of benzene rings is 2. The first-order valence-corrected chi connectivity index (χ1v) is 13.0. The lowest BCUT2D eigenvalue weighted by Gasteiger charge is -2.30. The van der Waals surface area contributed by atoms with Gasteiger partial charge in [-0.3, -0.25) is 4.79 Å². The SMILES string of the molecule is CCOC(=O)C1=C(C)NC(=S)N[C@H]1c1ccccc1OCC(=O)NN=Cc1ccc(-c2cc(Cl)ccc2Cl)o1. The number of rotatable bonds is 9. The predicted octanol–water partition coefficient (Wildman–Crippen LogP) is 5.14. The van der Waals surface area contributed by atoms with Crippen LogP contribution < -0.4 is 20.8 Å². The van der Waals surface area contributed by atoms with Crippen LogP contribution >= 0.6 is 35.4 Å². The smallest absolute Gasteiger partial charge is 0.338 e. The molecule has 4 rings (SSSR count). The normalized spacial score (nSPS) is 15.1. The Kier molecular flexibility index (Phi) is 9.23. The Bertz CT molecular complexity index is 1470. The molecule has 1 atom stereocenters. The van der Waals surface area contributed by atoms with E-state index in [9.17, 15) is 9.59 Å². The van der Waals surface area contributed by atoms with E-state index in [1.54, 1.807) is 68.4 Å². The van der Waals surface area contributed by atoms with Gasteiger partial charge in [0.15, 0.2) is 11.7 Å². The van der Waals surface area contributed by atoms with E-state index in [1.807, 2.05) is 0 Å². The van der Waals surface area contributed by atoms with Crippen molar-refractivity contribution >= 4 is 58.6 Å². The van der Waals surface area contributed by atoms with Gasteiger partial charge >= 0.3 is 5.97 Å². The fraction of sp³-hybridized carbons (Fsp3) is 0.185. The second-order valence-electron chi connectivity index (χ2n) is 8.24. The maximum atomic E-state index is 12.7. The van der Waals surface area contributed by atoms with Crippen LogP contribution in [0.15, 0.2) is 75.4 Å². The molecule has 0 unspecified atom stereocenters. The summed E-state index contributed by atoms with van der Waals surface area (Å²) in [4.78, 5) is 25.1. The van der Waals surface area contributed by atoms with E-state index in [4.69, 9.17) is 49.3 Å². The van der Waals surface area contributed by atoms with Gasteiger partial charge in [-0.05, 0) is 62.5 Å². The summed E-state index contributed by atoms with van der Waals surface area (Å²) in [6, 6.07) is 14.9. The Balaban J connectivity index is 1.41. The van der Waals surface area contributed by atoms with Gasteiger partial charge in [-0.15, -0.1) is 0 Å². The molecule has 0 saturated carbocycles. The van der Waals surface area contributed by atoms with Crippen molar-refractivity contribution in [2.24, 2.45) is 5.10 Å². The molecule has 2 aromatic carbocycles. The van der Waals surface area contributed by atoms with Crippen LogP contribution in [0.4, 0.5) is 0 Å². The Morgan fingerprint density at radius 3 is 2.77 bits per heavy atom. The van der Waals surface area contributed by atoms with Gasteiger partial charge in [0.1, 0.15) is 17.3 Å². The van der Waals surface area contributed by atoms with Crippen molar-refractivity contribution in [3.8, 4) is 17.1 Å². The third-order valence-electron chi connectivity index (χ3n) is 5.55. The van der Waals surface area contributed by atoms with Crippen molar-refractivity contribution in [3.63, 3.8) is 0 Å². The first-order chi connectivity index (χ1) is 18.8. The predicted molar refractivity (Wildman–Crippen MR) is 153 cm³/mol. The van der Waals surface area contributed by atoms with Crippen LogP contribution in [-0.2, 0) is 14.3 Å². The summed E-state index contributed by atoms with van der Waals surface area (Å²) in [7, 11) is 0. The monoisotopic (exact) mass is 586 g/mol. The average Bonchev–Trinajstić information content (AvgIpc) is 3.37. The molecular formula is C27H24Cl2N4O5S. The van der Waals surface area contributed by atoms with Gasteiger partial charge in [-0.1, -0.05) is 41.4 Å². The molecule has 1 amide bonds. The number of halogens is 2. The van der Waals surface area contributed by atoms with Gasteiger partial charge < -0.3 is 24.5 Å². The highest BCUT2D eigenvalue weighted by Gasteiger charge is 2.32. The molecular weight excluding hydrogens is 563 g/mol. The van der Waals surface area contributed by atoms with Gasteiger partial charge in [-0.2, -0.15) is 5.10 Å². The molecule has 0 spiro atoms. The lowest BCUT2D eigenvalue weighted by molar-refractivity contribution is -0.139. The Morgan fingerprint density at radius 1 is 1.18 bits per heavy atom. The first-order valence-electron chi connectivity index (χ1n) is 11.8. The Morgan fingerprint density at radius 2 is 1.97 bits per heavy atom. The van der Waals surface area contributed by atoms with Crippen LogP contribution in [0.1, 0.15) is 31.2 Å². The summed E-state index contributed by atoms with van der Waals surface area (Å²) in [5.41, 5.74) is 4.59. The maximum Gasteiger partial charge on any atom is 0.338 e. The highest BCUT2D eigenvalue weighted by Crippen LogP contribution is 2.34. The molecule has 1 aliphatic heterocycles. The molecule has 0 radical (unpaired) electrons. The first kappa shape index (κ1) is 28.2. The van der Waals surface area contributed by atoms with E-state index in [2.05, 4.69) is 21.2 Å². The number of amides is 1. The van der Waals surface area contributed by atoms with Gasteiger partial charge in [0.2, 0.25) is 0 Å². The van der Waals surface area contributed by atoms with Crippen molar-refractivity contribution in [2.75, 3.05) is 13.2 Å². The number of nitrogens with one attached hydrogen (secondary N) is 3. The number of furan rings is 1. The fourth-order valence-corrected chi connectivity index (χ4v) is 4.51. The molecule has 1 aliphatic rings. The summed E-state index contributed by atoms with van der Waals surface area (Å²) < 4.78 is 16.7. The number of hydrogen-bond donors (Lipinski definition) is 3. The van der Waals surface area contributed by atoms with Crippen molar-refractivity contribution < 1.29 is 23.5 Å². The van der Waals surface area contributed by atoms with Crippen LogP contribution in [0.2, 0.25) is 10.0 Å². The number of para-hydroxylation sites is 1. The molecule has 0 aliphatic carbocycles. The molecule has 39 heavy (non-hydrogen) atoms. The summed E-state index contributed by atoms with van der Waals surface area (Å²) in [5.74, 6) is 0.310. The molecule has 9 nitrogen and oxygen atoms in total. The Labute approximate surface area is 240 Å². The number of nitrogens with zero attached hydrogens (tertiary/aromatic N) is 1. The highest BCUT2D eigenvalue weighted by molar-refractivity contribution is 7.80. The van der Waals surface area contributed by atoms with Gasteiger partial charge in [0.25, 0.3) is 5.91 Å². The van der Waals surface area contributed by atoms with Crippen molar-refractivity contribution in [1.29, 1.82) is 0 Å². The van der Waals surface area contributed by atoms with Crippen LogP contribution in [0, 0.1) is 0 Å². The zero-order valence-electron chi connectivity index (χ0n) is 20.9. The van der Waals surface area contributed by atoms with E-state index in [1.165, 1.54) is 6.21 Å². The number of hydrogen-bond acceptors (Lipinski definition) is 7. The zero-order chi connectivity index (χ0) is 27.9. The van der Waals surface area contributed by atoms with E-state index in [-0.39, 0.29) is 13.2 Å². The quantitative estimate of drug-likeness (QED) is 0.137.